The minimum absolute atomic E-state index is 0.235. The lowest BCUT2D eigenvalue weighted by molar-refractivity contribution is 0.0353. The molecule has 5 aromatic rings. The normalized spacial score (nSPS) is 11.6. The van der Waals surface area contributed by atoms with Gasteiger partial charge in [0.05, 0.1) is 48.1 Å². The molecule has 5 nitrogen and oxygen atoms in total. The summed E-state index contributed by atoms with van der Waals surface area (Å²) in [5, 5.41) is 21.2. The van der Waals surface area contributed by atoms with Gasteiger partial charge in [-0.3, -0.25) is 0 Å². The molecule has 0 spiro atoms. The highest BCUT2D eigenvalue weighted by Gasteiger charge is 2.18. The summed E-state index contributed by atoms with van der Waals surface area (Å²) in [5.74, 6) is 0. The predicted molar refractivity (Wildman–Crippen MR) is 140 cm³/mol. The van der Waals surface area contributed by atoms with Gasteiger partial charge in [-0.25, -0.2) is 4.98 Å². The van der Waals surface area contributed by atoms with Crippen LogP contribution in [0, 0.1) is 22.7 Å². The summed E-state index contributed by atoms with van der Waals surface area (Å²) in [6, 6.07) is 32.4. The molecule has 1 aromatic heterocycles. The summed E-state index contributed by atoms with van der Waals surface area (Å²) in [4.78, 5) is 4.29. The van der Waals surface area contributed by atoms with Crippen LogP contribution in [0.25, 0.3) is 21.9 Å². The molecule has 0 amide bonds. The van der Waals surface area contributed by atoms with Crippen LogP contribution in [0.5, 0.6) is 0 Å². The Hall–Kier alpha value is -4.71. The molecule has 0 fully saturated rings. The summed E-state index contributed by atoms with van der Waals surface area (Å²) >= 11 is 0. The molecule has 36 heavy (non-hydrogen) atoms. The first kappa shape index (κ1) is 23.1. The first-order valence-electron chi connectivity index (χ1n) is 11.7. The van der Waals surface area contributed by atoms with Gasteiger partial charge in [-0.1, -0.05) is 60.7 Å². The van der Waals surface area contributed by atoms with E-state index in [4.69, 9.17) is 10.00 Å². The lowest BCUT2D eigenvalue weighted by Crippen LogP contribution is -2.12. The predicted octanol–water partition coefficient (Wildman–Crippen LogP) is 6.48. The summed E-state index contributed by atoms with van der Waals surface area (Å²) in [7, 11) is 1.96. The number of hydrogen-bond acceptors (Lipinski definition) is 4. The summed E-state index contributed by atoms with van der Waals surface area (Å²) in [6.45, 7) is 0.411. The summed E-state index contributed by atoms with van der Waals surface area (Å²) < 4.78 is 8.37. The Labute approximate surface area is 210 Å². The Morgan fingerprint density at radius 3 is 2.39 bits per heavy atom. The van der Waals surface area contributed by atoms with E-state index in [1.807, 2.05) is 60.3 Å². The third-order valence-electron chi connectivity index (χ3n) is 6.42. The number of nitriles is 2. The highest BCUT2D eigenvalue weighted by molar-refractivity contribution is 5.97. The molecule has 0 N–H and O–H groups in total. The number of hydrogen-bond donors (Lipinski definition) is 0. The van der Waals surface area contributed by atoms with Crippen molar-refractivity contribution in [2.24, 2.45) is 7.05 Å². The van der Waals surface area contributed by atoms with Crippen molar-refractivity contribution in [2.75, 3.05) is 0 Å². The van der Waals surface area contributed by atoms with E-state index in [9.17, 15) is 5.26 Å². The average Bonchev–Trinajstić information content (AvgIpc) is 3.36. The van der Waals surface area contributed by atoms with Gasteiger partial charge in [-0.15, -0.1) is 0 Å². The Morgan fingerprint density at radius 2 is 1.64 bits per heavy atom. The van der Waals surface area contributed by atoms with Gasteiger partial charge in [0.1, 0.15) is 6.10 Å². The zero-order valence-corrected chi connectivity index (χ0v) is 19.9. The van der Waals surface area contributed by atoms with Gasteiger partial charge < -0.3 is 9.30 Å². The molecular formula is C31H24N4O. The van der Waals surface area contributed by atoms with Crippen molar-refractivity contribution in [1.82, 2.24) is 9.55 Å². The monoisotopic (exact) mass is 468 g/mol. The minimum Gasteiger partial charge on any atom is -0.367 e. The fourth-order valence-electron chi connectivity index (χ4n) is 4.51. The van der Waals surface area contributed by atoms with E-state index in [0.29, 0.717) is 24.2 Å². The molecule has 0 aliphatic carbocycles. The van der Waals surface area contributed by atoms with E-state index in [2.05, 4.69) is 47.5 Å². The largest absolute Gasteiger partial charge is 0.367 e. The number of rotatable bonds is 7. The molecule has 1 heterocycles. The molecule has 0 bridgehead atoms. The number of aryl methyl sites for hydroxylation is 1. The van der Waals surface area contributed by atoms with Crippen LogP contribution >= 0.6 is 0 Å². The van der Waals surface area contributed by atoms with Crippen LogP contribution in [0.2, 0.25) is 0 Å². The smallest absolute Gasteiger partial charge is 0.103 e. The third kappa shape index (κ3) is 4.74. The number of imidazole rings is 1. The van der Waals surface area contributed by atoms with Crippen molar-refractivity contribution < 1.29 is 4.74 Å². The van der Waals surface area contributed by atoms with Crippen molar-refractivity contribution in [3.8, 4) is 23.3 Å². The minimum atomic E-state index is -0.235. The Morgan fingerprint density at radius 1 is 0.861 bits per heavy atom. The maximum absolute atomic E-state index is 9.85. The van der Waals surface area contributed by atoms with E-state index < -0.39 is 0 Å². The SMILES string of the molecule is Cn1cncc1C(Cc1ccc(C#N)c(-c2cccc3ccccc23)c1)OCc1ccc(C#N)cc1. The second-order valence-electron chi connectivity index (χ2n) is 8.76. The fourth-order valence-corrected chi connectivity index (χ4v) is 4.51. The maximum atomic E-state index is 9.85. The van der Waals surface area contributed by atoms with Crippen LogP contribution < -0.4 is 0 Å². The van der Waals surface area contributed by atoms with Gasteiger partial charge in [0.2, 0.25) is 0 Å². The number of fused-ring (bicyclic) bond motifs is 1. The van der Waals surface area contributed by atoms with Crippen molar-refractivity contribution in [3.05, 3.63) is 125 Å². The lowest BCUT2D eigenvalue weighted by atomic mass is 9.92. The second kappa shape index (κ2) is 10.3. The Bertz CT molecular complexity index is 1600. The standard InChI is InChI=1S/C31H24N4O/c1-35-21-34-19-30(35)31(36-20-23-11-9-22(17-32)10-12-23)16-24-13-14-26(18-33)29(15-24)28-8-4-6-25-5-2-3-7-27(25)28/h2-15,19,21,31H,16,20H2,1H3. The van der Waals surface area contributed by atoms with E-state index in [0.717, 1.165) is 38.7 Å². The van der Waals surface area contributed by atoms with E-state index in [-0.39, 0.29) is 6.10 Å². The van der Waals surface area contributed by atoms with Crippen molar-refractivity contribution in [1.29, 1.82) is 10.5 Å². The van der Waals surface area contributed by atoms with Gasteiger partial charge in [-0.05, 0) is 51.7 Å². The molecule has 0 aliphatic heterocycles. The summed E-state index contributed by atoms with van der Waals surface area (Å²) in [5.41, 5.74) is 6.27. The molecule has 0 saturated carbocycles. The van der Waals surface area contributed by atoms with Crippen molar-refractivity contribution >= 4 is 10.8 Å². The topological polar surface area (TPSA) is 74.6 Å². The van der Waals surface area contributed by atoms with Crippen molar-refractivity contribution in [3.63, 3.8) is 0 Å². The quantitative estimate of drug-likeness (QED) is 0.274. The van der Waals surface area contributed by atoms with E-state index in [1.54, 1.807) is 18.5 Å². The molecule has 174 valence electrons. The first-order chi connectivity index (χ1) is 17.7. The van der Waals surface area contributed by atoms with Crippen LogP contribution in [0.1, 0.15) is 34.1 Å². The molecule has 0 aliphatic rings. The molecule has 0 radical (unpaired) electrons. The third-order valence-corrected chi connectivity index (χ3v) is 6.42. The zero-order chi connectivity index (χ0) is 24.9. The maximum Gasteiger partial charge on any atom is 0.103 e. The van der Waals surface area contributed by atoms with Crippen LogP contribution in [-0.2, 0) is 24.8 Å². The van der Waals surface area contributed by atoms with Gasteiger partial charge in [0.25, 0.3) is 0 Å². The highest BCUT2D eigenvalue weighted by Crippen LogP contribution is 2.33. The second-order valence-corrected chi connectivity index (χ2v) is 8.76. The number of aromatic nitrogens is 2. The molecular weight excluding hydrogens is 444 g/mol. The average molecular weight is 469 g/mol. The summed E-state index contributed by atoms with van der Waals surface area (Å²) in [6.07, 6.45) is 3.99. The first-order valence-corrected chi connectivity index (χ1v) is 11.7. The number of ether oxygens (including phenoxy) is 1. The highest BCUT2D eigenvalue weighted by atomic mass is 16.5. The van der Waals surface area contributed by atoms with Crippen LogP contribution in [-0.4, -0.2) is 9.55 Å². The number of nitrogens with zero attached hydrogens (tertiary/aromatic N) is 4. The Balaban J connectivity index is 1.48. The zero-order valence-electron chi connectivity index (χ0n) is 19.9. The van der Waals surface area contributed by atoms with Crippen molar-refractivity contribution in [2.45, 2.75) is 19.1 Å². The van der Waals surface area contributed by atoms with Gasteiger partial charge in [0, 0.05) is 19.0 Å². The van der Waals surface area contributed by atoms with Gasteiger partial charge in [-0.2, -0.15) is 10.5 Å². The molecule has 1 unspecified atom stereocenters. The Kier molecular flexibility index (Phi) is 6.58. The molecule has 5 rings (SSSR count). The molecule has 5 heteroatoms. The fraction of sp³-hybridized carbons (Fsp3) is 0.129. The molecule has 1 atom stereocenters. The van der Waals surface area contributed by atoms with Crippen LogP contribution in [0.4, 0.5) is 0 Å². The molecule has 0 saturated heterocycles. The number of benzene rings is 4. The van der Waals surface area contributed by atoms with E-state index >= 15 is 0 Å². The lowest BCUT2D eigenvalue weighted by Gasteiger charge is -2.20. The molecule has 4 aromatic carbocycles. The van der Waals surface area contributed by atoms with Gasteiger partial charge in [0.15, 0.2) is 0 Å². The van der Waals surface area contributed by atoms with Crippen LogP contribution in [0.3, 0.4) is 0 Å². The van der Waals surface area contributed by atoms with E-state index in [1.165, 1.54) is 0 Å². The van der Waals surface area contributed by atoms with Crippen LogP contribution in [0.15, 0.2) is 97.5 Å². The van der Waals surface area contributed by atoms with Gasteiger partial charge >= 0.3 is 0 Å².